The molecular weight excluding hydrogens is 387 g/mol. The standard InChI is InChI=1S/C13H22N4O3.HI/c1-10(8-19-12-4-5-18-9-12)16-13(14-2)15-7-11-3-6-20-17-11;/h3,6,10,12H,4-5,7-9H2,1-2H3,(H2,14,15,16);1H. The van der Waals surface area contributed by atoms with Gasteiger partial charge >= 0.3 is 0 Å². The first kappa shape index (κ1) is 18.2. The van der Waals surface area contributed by atoms with Crippen LogP contribution in [0.2, 0.25) is 0 Å². The van der Waals surface area contributed by atoms with E-state index < -0.39 is 0 Å². The Morgan fingerprint density at radius 1 is 1.62 bits per heavy atom. The highest BCUT2D eigenvalue weighted by Gasteiger charge is 2.17. The molecular formula is C13H23IN4O3. The quantitative estimate of drug-likeness (QED) is 0.416. The first-order valence-electron chi connectivity index (χ1n) is 6.83. The maximum Gasteiger partial charge on any atom is 0.191 e. The van der Waals surface area contributed by atoms with Gasteiger partial charge in [-0.1, -0.05) is 5.16 Å². The van der Waals surface area contributed by atoms with Gasteiger partial charge in [0.2, 0.25) is 0 Å². The van der Waals surface area contributed by atoms with E-state index in [4.69, 9.17) is 14.0 Å². The van der Waals surface area contributed by atoms with Gasteiger partial charge in [0, 0.05) is 25.8 Å². The summed E-state index contributed by atoms with van der Waals surface area (Å²) >= 11 is 0. The molecule has 0 radical (unpaired) electrons. The number of aromatic nitrogens is 1. The first-order valence-corrected chi connectivity index (χ1v) is 6.83. The zero-order valence-corrected chi connectivity index (χ0v) is 14.7. The Morgan fingerprint density at radius 2 is 2.48 bits per heavy atom. The lowest BCUT2D eigenvalue weighted by Crippen LogP contribution is -2.44. The molecule has 2 heterocycles. The molecule has 0 aromatic carbocycles. The molecule has 2 atom stereocenters. The van der Waals surface area contributed by atoms with Gasteiger partial charge in [-0.15, -0.1) is 24.0 Å². The summed E-state index contributed by atoms with van der Waals surface area (Å²) in [5.74, 6) is 0.715. The molecule has 0 aliphatic carbocycles. The fourth-order valence-electron chi connectivity index (χ4n) is 1.90. The van der Waals surface area contributed by atoms with Crippen molar-refractivity contribution in [3.8, 4) is 0 Å². The van der Waals surface area contributed by atoms with E-state index in [1.165, 1.54) is 0 Å². The average Bonchev–Trinajstić information content (AvgIpc) is 3.13. The summed E-state index contributed by atoms with van der Waals surface area (Å²) in [5.41, 5.74) is 0.833. The van der Waals surface area contributed by atoms with Crippen LogP contribution in [0.5, 0.6) is 0 Å². The fourth-order valence-corrected chi connectivity index (χ4v) is 1.90. The van der Waals surface area contributed by atoms with Gasteiger partial charge in [-0.05, 0) is 13.3 Å². The Morgan fingerprint density at radius 3 is 3.10 bits per heavy atom. The number of hydrogen-bond acceptors (Lipinski definition) is 5. The molecule has 2 N–H and O–H groups in total. The zero-order chi connectivity index (χ0) is 14.2. The predicted molar refractivity (Wildman–Crippen MR) is 89.9 cm³/mol. The van der Waals surface area contributed by atoms with Gasteiger partial charge in [-0.2, -0.15) is 0 Å². The predicted octanol–water partition coefficient (Wildman–Crippen LogP) is 1.15. The van der Waals surface area contributed by atoms with Gasteiger partial charge in [0.25, 0.3) is 0 Å². The molecule has 21 heavy (non-hydrogen) atoms. The van der Waals surface area contributed by atoms with Crippen molar-refractivity contribution >= 4 is 29.9 Å². The van der Waals surface area contributed by atoms with Gasteiger partial charge < -0.3 is 24.6 Å². The lowest BCUT2D eigenvalue weighted by molar-refractivity contribution is 0.0347. The lowest BCUT2D eigenvalue weighted by Gasteiger charge is -2.19. The van der Waals surface area contributed by atoms with E-state index in [9.17, 15) is 0 Å². The van der Waals surface area contributed by atoms with Crippen molar-refractivity contribution in [3.05, 3.63) is 18.0 Å². The van der Waals surface area contributed by atoms with Crippen molar-refractivity contribution in [2.45, 2.75) is 32.0 Å². The van der Waals surface area contributed by atoms with Crippen LogP contribution in [0.1, 0.15) is 19.0 Å². The van der Waals surface area contributed by atoms with Crippen molar-refractivity contribution in [2.24, 2.45) is 4.99 Å². The van der Waals surface area contributed by atoms with Crippen LogP contribution >= 0.6 is 24.0 Å². The summed E-state index contributed by atoms with van der Waals surface area (Å²) < 4.78 is 15.8. The van der Waals surface area contributed by atoms with Crippen LogP contribution in [-0.4, -0.2) is 50.1 Å². The third-order valence-corrected chi connectivity index (χ3v) is 3.00. The fraction of sp³-hybridized carbons (Fsp3) is 0.692. The molecule has 2 unspecified atom stereocenters. The number of aliphatic imine (C=N–C) groups is 1. The molecule has 1 aliphatic rings. The molecule has 1 aromatic heterocycles. The molecule has 1 aliphatic heterocycles. The number of nitrogens with one attached hydrogen (secondary N) is 2. The highest BCUT2D eigenvalue weighted by molar-refractivity contribution is 14.0. The summed E-state index contributed by atoms with van der Waals surface area (Å²) in [5, 5.41) is 10.3. The summed E-state index contributed by atoms with van der Waals surface area (Å²) in [7, 11) is 1.73. The average molecular weight is 410 g/mol. The number of hydrogen-bond donors (Lipinski definition) is 2. The van der Waals surface area contributed by atoms with Crippen molar-refractivity contribution in [1.82, 2.24) is 15.8 Å². The van der Waals surface area contributed by atoms with Crippen molar-refractivity contribution in [2.75, 3.05) is 26.9 Å². The maximum atomic E-state index is 5.76. The Kier molecular flexibility index (Phi) is 8.62. The van der Waals surface area contributed by atoms with Crippen LogP contribution in [0.4, 0.5) is 0 Å². The van der Waals surface area contributed by atoms with Crippen LogP contribution in [0.25, 0.3) is 0 Å². The third-order valence-electron chi connectivity index (χ3n) is 3.00. The maximum absolute atomic E-state index is 5.76. The molecule has 1 fully saturated rings. The Hall–Kier alpha value is -0.870. The number of guanidine groups is 1. The van der Waals surface area contributed by atoms with Crippen molar-refractivity contribution in [3.63, 3.8) is 0 Å². The minimum Gasteiger partial charge on any atom is -0.379 e. The minimum atomic E-state index is 0. The van der Waals surface area contributed by atoms with Crippen LogP contribution in [0.15, 0.2) is 21.8 Å². The number of ether oxygens (including phenoxy) is 2. The van der Waals surface area contributed by atoms with Gasteiger partial charge in [0.15, 0.2) is 5.96 Å². The monoisotopic (exact) mass is 410 g/mol. The van der Waals surface area contributed by atoms with Crippen LogP contribution in [-0.2, 0) is 16.0 Å². The first-order chi connectivity index (χ1) is 9.78. The van der Waals surface area contributed by atoms with Gasteiger partial charge in [0.05, 0.1) is 25.9 Å². The number of nitrogens with zero attached hydrogens (tertiary/aromatic N) is 2. The minimum absolute atomic E-state index is 0. The molecule has 2 rings (SSSR count). The smallest absolute Gasteiger partial charge is 0.191 e. The molecule has 1 aromatic rings. The molecule has 1 saturated heterocycles. The van der Waals surface area contributed by atoms with Gasteiger partial charge in [0.1, 0.15) is 12.0 Å². The second-order valence-electron chi connectivity index (χ2n) is 4.78. The molecule has 8 heteroatoms. The molecule has 0 bridgehead atoms. The van der Waals surface area contributed by atoms with E-state index in [1.54, 1.807) is 13.3 Å². The molecule has 0 spiro atoms. The van der Waals surface area contributed by atoms with E-state index in [0.29, 0.717) is 25.7 Å². The summed E-state index contributed by atoms with van der Waals surface area (Å²) in [4.78, 5) is 4.16. The summed E-state index contributed by atoms with van der Waals surface area (Å²) in [6.07, 6.45) is 2.75. The van der Waals surface area contributed by atoms with E-state index >= 15 is 0 Å². The van der Waals surface area contributed by atoms with E-state index in [0.717, 1.165) is 18.7 Å². The SMILES string of the molecule is CN=C(NCc1ccon1)NC(C)COC1CCOC1.I. The van der Waals surface area contributed by atoms with Crippen molar-refractivity contribution < 1.29 is 14.0 Å². The topological polar surface area (TPSA) is 80.9 Å². The van der Waals surface area contributed by atoms with E-state index in [-0.39, 0.29) is 36.1 Å². The summed E-state index contributed by atoms with van der Waals surface area (Å²) in [6, 6.07) is 1.98. The molecule has 0 saturated carbocycles. The molecule has 120 valence electrons. The summed E-state index contributed by atoms with van der Waals surface area (Å²) in [6.45, 7) is 4.75. The molecule has 7 nitrogen and oxygen atoms in total. The van der Waals surface area contributed by atoms with Crippen LogP contribution in [0.3, 0.4) is 0 Å². The highest BCUT2D eigenvalue weighted by atomic mass is 127. The van der Waals surface area contributed by atoms with E-state index in [2.05, 4.69) is 27.7 Å². The molecule has 0 amide bonds. The zero-order valence-electron chi connectivity index (χ0n) is 12.4. The van der Waals surface area contributed by atoms with E-state index in [1.807, 2.05) is 6.07 Å². The Balaban J connectivity index is 0.00000220. The highest BCUT2D eigenvalue weighted by Crippen LogP contribution is 2.08. The second-order valence-corrected chi connectivity index (χ2v) is 4.78. The third kappa shape index (κ3) is 6.62. The van der Waals surface area contributed by atoms with Gasteiger partial charge in [-0.25, -0.2) is 0 Å². The largest absolute Gasteiger partial charge is 0.379 e. The van der Waals surface area contributed by atoms with Crippen LogP contribution in [0, 0.1) is 0 Å². The second kappa shape index (κ2) is 9.96. The Bertz CT molecular complexity index is 408. The normalized spacial score (nSPS) is 19.9. The van der Waals surface area contributed by atoms with Crippen molar-refractivity contribution in [1.29, 1.82) is 0 Å². The van der Waals surface area contributed by atoms with Crippen LogP contribution < -0.4 is 10.6 Å². The number of halogens is 1. The Labute approximate surface area is 141 Å². The van der Waals surface area contributed by atoms with Gasteiger partial charge in [-0.3, -0.25) is 4.99 Å². The lowest BCUT2D eigenvalue weighted by atomic mass is 10.3. The number of rotatable bonds is 6.